The third-order valence-electron chi connectivity index (χ3n) is 2.42. The number of carbonyl (C=O) groups is 2. The summed E-state index contributed by atoms with van der Waals surface area (Å²) in [6, 6.07) is 3.12. The zero-order valence-corrected chi connectivity index (χ0v) is 9.66. The molecule has 0 amide bonds. The molecule has 16 heavy (non-hydrogen) atoms. The summed E-state index contributed by atoms with van der Waals surface area (Å²) in [4.78, 5) is 23.0. The molecule has 0 fully saturated rings. The second-order valence-electron chi connectivity index (χ2n) is 3.52. The molecule has 0 aliphatic rings. The highest BCUT2D eigenvalue weighted by atomic mass is 16.5. The molecule has 0 aromatic heterocycles. The van der Waals surface area contributed by atoms with Crippen molar-refractivity contribution in [2.45, 2.75) is 20.3 Å². The zero-order chi connectivity index (χ0) is 12.3. The summed E-state index contributed by atoms with van der Waals surface area (Å²) in [7, 11) is 1.28. The molecular weight excluding hydrogens is 206 g/mol. The van der Waals surface area contributed by atoms with Crippen molar-refractivity contribution in [2.75, 3.05) is 12.8 Å². The number of carbonyl (C=O) groups excluding carboxylic acids is 2. The number of Topliss-reactive ketones (excluding diaryl/α,β-unsaturated/α-hetero) is 1. The van der Waals surface area contributed by atoms with Gasteiger partial charge in [0, 0.05) is 17.7 Å². The lowest BCUT2D eigenvalue weighted by Crippen LogP contribution is -2.09. The standard InChI is InChI=1S/C12H15NO3/c1-4-11(14)8-6-9(12(15)16-3)10(13)5-7(8)2/h5-6H,4,13H2,1-3H3. The van der Waals surface area contributed by atoms with Crippen LogP contribution in [0.1, 0.15) is 39.6 Å². The van der Waals surface area contributed by atoms with Gasteiger partial charge in [0.15, 0.2) is 5.78 Å². The number of aryl methyl sites for hydroxylation is 1. The van der Waals surface area contributed by atoms with Crippen molar-refractivity contribution < 1.29 is 14.3 Å². The molecule has 0 aliphatic heterocycles. The van der Waals surface area contributed by atoms with Crippen molar-refractivity contribution in [3.05, 3.63) is 28.8 Å². The maximum Gasteiger partial charge on any atom is 0.339 e. The Kier molecular flexibility index (Phi) is 3.66. The van der Waals surface area contributed by atoms with E-state index in [1.165, 1.54) is 13.2 Å². The second-order valence-corrected chi connectivity index (χ2v) is 3.52. The Bertz CT molecular complexity index is 401. The van der Waals surface area contributed by atoms with E-state index in [9.17, 15) is 9.59 Å². The van der Waals surface area contributed by atoms with E-state index in [-0.39, 0.29) is 11.3 Å². The third-order valence-corrected chi connectivity index (χ3v) is 2.42. The van der Waals surface area contributed by atoms with Crippen LogP contribution in [0.5, 0.6) is 0 Å². The van der Waals surface area contributed by atoms with Gasteiger partial charge in [0.25, 0.3) is 0 Å². The first-order valence-electron chi connectivity index (χ1n) is 5.02. The van der Waals surface area contributed by atoms with Crippen molar-refractivity contribution in [3.63, 3.8) is 0 Å². The maximum atomic E-state index is 11.6. The van der Waals surface area contributed by atoms with E-state index >= 15 is 0 Å². The average molecular weight is 221 g/mol. The average Bonchev–Trinajstić information content (AvgIpc) is 2.27. The van der Waals surface area contributed by atoms with Crippen molar-refractivity contribution in [2.24, 2.45) is 0 Å². The Balaban J connectivity index is 3.32. The molecule has 0 aliphatic carbocycles. The smallest absolute Gasteiger partial charge is 0.339 e. The first-order valence-corrected chi connectivity index (χ1v) is 5.02. The number of rotatable bonds is 3. The summed E-state index contributed by atoms with van der Waals surface area (Å²) in [6.45, 7) is 3.57. The zero-order valence-electron chi connectivity index (χ0n) is 9.66. The van der Waals surface area contributed by atoms with Crippen LogP contribution in [0, 0.1) is 6.92 Å². The molecule has 1 rings (SSSR count). The van der Waals surface area contributed by atoms with Crippen LogP contribution in [0.4, 0.5) is 5.69 Å². The SMILES string of the molecule is CCC(=O)c1cc(C(=O)OC)c(N)cc1C. The van der Waals surface area contributed by atoms with Crippen molar-refractivity contribution in [1.82, 2.24) is 0 Å². The summed E-state index contributed by atoms with van der Waals surface area (Å²) in [5, 5.41) is 0. The lowest BCUT2D eigenvalue weighted by molar-refractivity contribution is 0.0602. The van der Waals surface area contributed by atoms with E-state index in [4.69, 9.17) is 5.73 Å². The van der Waals surface area contributed by atoms with Crippen LogP contribution in [-0.2, 0) is 4.74 Å². The topological polar surface area (TPSA) is 69.4 Å². The number of nitrogen functional groups attached to an aromatic ring is 1. The van der Waals surface area contributed by atoms with Gasteiger partial charge >= 0.3 is 5.97 Å². The fourth-order valence-electron chi connectivity index (χ4n) is 1.51. The fraction of sp³-hybridized carbons (Fsp3) is 0.333. The lowest BCUT2D eigenvalue weighted by atomic mass is 9.99. The minimum absolute atomic E-state index is 0.0114. The van der Waals surface area contributed by atoms with E-state index in [1.807, 2.05) is 0 Å². The predicted octanol–water partition coefficient (Wildman–Crippen LogP) is 1.96. The predicted molar refractivity (Wildman–Crippen MR) is 61.6 cm³/mol. The molecule has 0 bridgehead atoms. The van der Waals surface area contributed by atoms with Gasteiger partial charge in [0.1, 0.15) is 0 Å². The second kappa shape index (κ2) is 4.79. The summed E-state index contributed by atoms with van der Waals surface area (Å²) in [6.07, 6.45) is 0.394. The van der Waals surface area contributed by atoms with Crippen LogP contribution < -0.4 is 5.73 Å². The number of ether oxygens (including phenoxy) is 1. The lowest BCUT2D eigenvalue weighted by Gasteiger charge is -2.09. The van der Waals surface area contributed by atoms with Gasteiger partial charge in [-0.05, 0) is 24.6 Å². The fourth-order valence-corrected chi connectivity index (χ4v) is 1.51. The van der Waals surface area contributed by atoms with E-state index in [1.54, 1.807) is 19.9 Å². The first kappa shape index (κ1) is 12.2. The molecule has 0 radical (unpaired) electrons. The van der Waals surface area contributed by atoms with E-state index < -0.39 is 5.97 Å². The summed E-state index contributed by atoms with van der Waals surface area (Å²) in [5.74, 6) is -0.537. The van der Waals surface area contributed by atoms with Gasteiger partial charge in [-0.3, -0.25) is 4.79 Å². The molecule has 4 nitrogen and oxygen atoms in total. The van der Waals surface area contributed by atoms with Gasteiger partial charge in [-0.15, -0.1) is 0 Å². The Morgan fingerprint density at radius 2 is 1.94 bits per heavy atom. The van der Waals surface area contributed by atoms with Crippen LogP contribution in [-0.4, -0.2) is 18.9 Å². The monoisotopic (exact) mass is 221 g/mol. The molecular formula is C12H15NO3. The summed E-state index contributed by atoms with van der Waals surface area (Å²) < 4.78 is 4.60. The van der Waals surface area contributed by atoms with Crippen molar-refractivity contribution >= 4 is 17.4 Å². The van der Waals surface area contributed by atoms with Gasteiger partial charge in [0.05, 0.1) is 12.7 Å². The normalized spacial score (nSPS) is 9.94. The van der Waals surface area contributed by atoms with E-state index in [0.29, 0.717) is 17.7 Å². The van der Waals surface area contributed by atoms with Gasteiger partial charge in [-0.1, -0.05) is 6.92 Å². The quantitative estimate of drug-likeness (QED) is 0.481. The summed E-state index contributed by atoms with van der Waals surface area (Å²) >= 11 is 0. The minimum Gasteiger partial charge on any atom is -0.465 e. The number of benzene rings is 1. The highest BCUT2D eigenvalue weighted by Gasteiger charge is 2.15. The first-order chi connectivity index (χ1) is 7.51. The molecule has 0 atom stereocenters. The molecule has 4 heteroatoms. The Morgan fingerprint density at radius 1 is 1.31 bits per heavy atom. The molecule has 1 aromatic rings. The molecule has 0 heterocycles. The van der Waals surface area contributed by atoms with Crippen LogP contribution in [0.25, 0.3) is 0 Å². The third kappa shape index (κ3) is 2.21. The van der Waals surface area contributed by atoms with E-state index in [0.717, 1.165) is 5.56 Å². The van der Waals surface area contributed by atoms with Gasteiger partial charge < -0.3 is 10.5 Å². The highest BCUT2D eigenvalue weighted by Crippen LogP contribution is 2.20. The summed E-state index contributed by atoms with van der Waals surface area (Å²) in [5.41, 5.74) is 7.57. The van der Waals surface area contributed by atoms with Gasteiger partial charge in [-0.2, -0.15) is 0 Å². The molecule has 2 N–H and O–H groups in total. The van der Waals surface area contributed by atoms with Crippen LogP contribution in [0.15, 0.2) is 12.1 Å². The number of hydrogen-bond donors (Lipinski definition) is 1. The minimum atomic E-state index is -0.525. The number of methoxy groups -OCH3 is 1. The van der Waals surface area contributed by atoms with Gasteiger partial charge in [0.2, 0.25) is 0 Å². The molecule has 0 unspecified atom stereocenters. The largest absolute Gasteiger partial charge is 0.465 e. The number of nitrogens with two attached hydrogens (primary N) is 1. The van der Waals surface area contributed by atoms with Crippen molar-refractivity contribution in [3.8, 4) is 0 Å². The molecule has 0 saturated carbocycles. The van der Waals surface area contributed by atoms with Crippen LogP contribution >= 0.6 is 0 Å². The highest BCUT2D eigenvalue weighted by molar-refractivity contribution is 6.02. The Labute approximate surface area is 94.4 Å². The Morgan fingerprint density at radius 3 is 2.44 bits per heavy atom. The maximum absolute atomic E-state index is 11.6. The molecule has 0 spiro atoms. The molecule has 1 aromatic carbocycles. The molecule has 0 saturated heterocycles. The number of esters is 1. The number of anilines is 1. The van der Waals surface area contributed by atoms with Crippen molar-refractivity contribution in [1.29, 1.82) is 0 Å². The van der Waals surface area contributed by atoms with Gasteiger partial charge in [-0.25, -0.2) is 4.79 Å². The number of ketones is 1. The number of hydrogen-bond acceptors (Lipinski definition) is 4. The van der Waals surface area contributed by atoms with E-state index in [2.05, 4.69) is 4.74 Å². The van der Waals surface area contributed by atoms with Crippen LogP contribution in [0.3, 0.4) is 0 Å². The van der Waals surface area contributed by atoms with Crippen LogP contribution in [0.2, 0.25) is 0 Å². The Hall–Kier alpha value is -1.84. The molecule has 86 valence electrons.